The van der Waals surface area contributed by atoms with E-state index in [-0.39, 0.29) is 0 Å². The van der Waals surface area contributed by atoms with Crippen molar-refractivity contribution in [2.45, 2.75) is 32.7 Å². The molecule has 3 nitrogen and oxygen atoms in total. The minimum Gasteiger partial charge on any atom is -0.315 e. The number of nitrogens with zero attached hydrogens (tertiary/aromatic N) is 2. The van der Waals surface area contributed by atoms with Crippen molar-refractivity contribution in [3.05, 3.63) is 0 Å². The van der Waals surface area contributed by atoms with Gasteiger partial charge in [-0.05, 0) is 45.9 Å². The molecule has 0 saturated carbocycles. The molecule has 3 heteroatoms. The molecular formula is C13H29N3. The fourth-order valence-electron chi connectivity index (χ4n) is 2.32. The lowest BCUT2D eigenvalue weighted by Gasteiger charge is -2.25. The highest BCUT2D eigenvalue weighted by Gasteiger charge is 2.21. The highest BCUT2D eigenvalue weighted by molar-refractivity contribution is 4.78. The molecule has 0 aromatic heterocycles. The molecular weight excluding hydrogens is 198 g/mol. The molecule has 1 atom stereocenters. The van der Waals surface area contributed by atoms with Gasteiger partial charge in [0.05, 0.1) is 0 Å². The second kappa shape index (κ2) is 7.25. The van der Waals surface area contributed by atoms with Crippen LogP contribution in [0.2, 0.25) is 0 Å². The first-order valence-electron chi connectivity index (χ1n) is 6.69. The van der Waals surface area contributed by atoms with Crippen molar-refractivity contribution < 1.29 is 0 Å². The van der Waals surface area contributed by atoms with Crippen LogP contribution in [0.25, 0.3) is 0 Å². The first kappa shape index (κ1) is 13.9. The summed E-state index contributed by atoms with van der Waals surface area (Å²) in [6, 6.07) is 0.787. The van der Waals surface area contributed by atoms with Gasteiger partial charge in [0.2, 0.25) is 0 Å². The first-order valence-corrected chi connectivity index (χ1v) is 6.69. The van der Waals surface area contributed by atoms with Crippen LogP contribution >= 0.6 is 0 Å². The Balaban J connectivity index is 2.04. The second-order valence-corrected chi connectivity index (χ2v) is 5.64. The van der Waals surface area contributed by atoms with E-state index in [4.69, 9.17) is 0 Å². The largest absolute Gasteiger partial charge is 0.315 e. The molecule has 0 bridgehead atoms. The van der Waals surface area contributed by atoms with Gasteiger partial charge in [-0.3, -0.25) is 0 Å². The van der Waals surface area contributed by atoms with Crippen LogP contribution < -0.4 is 5.32 Å². The standard InChI is InChI=1S/C13H29N3/c1-12(2)10-14-7-9-15(3)11-13-6-5-8-16(13)4/h12-14H,5-11H2,1-4H3. The summed E-state index contributed by atoms with van der Waals surface area (Å²) in [5.74, 6) is 0.756. The SMILES string of the molecule is CC(C)CNCCN(C)CC1CCCN1C. The number of rotatable bonds is 7. The third-order valence-corrected chi connectivity index (χ3v) is 3.42. The third kappa shape index (κ3) is 5.28. The Labute approximate surface area is 101 Å². The van der Waals surface area contributed by atoms with Gasteiger partial charge in [0.15, 0.2) is 0 Å². The van der Waals surface area contributed by atoms with Crippen molar-refractivity contribution in [3.8, 4) is 0 Å². The molecule has 0 radical (unpaired) electrons. The van der Waals surface area contributed by atoms with Gasteiger partial charge in [0, 0.05) is 25.7 Å². The highest BCUT2D eigenvalue weighted by Crippen LogP contribution is 2.14. The van der Waals surface area contributed by atoms with E-state index in [9.17, 15) is 0 Å². The van der Waals surface area contributed by atoms with Gasteiger partial charge in [0.25, 0.3) is 0 Å². The Morgan fingerprint density at radius 1 is 1.44 bits per heavy atom. The summed E-state index contributed by atoms with van der Waals surface area (Å²) in [4.78, 5) is 4.96. The van der Waals surface area contributed by atoms with E-state index in [1.807, 2.05) is 0 Å². The molecule has 0 spiro atoms. The van der Waals surface area contributed by atoms with Crippen LogP contribution in [0.3, 0.4) is 0 Å². The van der Waals surface area contributed by atoms with Crippen molar-refractivity contribution in [1.82, 2.24) is 15.1 Å². The van der Waals surface area contributed by atoms with Crippen LogP contribution in [-0.2, 0) is 0 Å². The zero-order valence-electron chi connectivity index (χ0n) is 11.5. The van der Waals surface area contributed by atoms with Gasteiger partial charge >= 0.3 is 0 Å². The Hall–Kier alpha value is -0.120. The summed E-state index contributed by atoms with van der Waals surface area (Å²) >= 11 is 0. The number of hydrogen-bond donors (Lipinski definition) is 1. The maximum atomic E-state index is 3.50. The van der Waals surface area contributed by atoms with Gasteiger partial charge in [-0.15, -0.1) is 0 Å². The van der Waals surface area contributed by atoms with Crippen LogP contribution in [0, 0.1) is 5.92 Å². The zero-order valence-corrected chi connectivity index (χ0v) is 11.5. The number of hydrogen-bond acceptors (Lipinski definition) is 3. The van der Waals surface area contributed by atoms with Crippen molar-refractivity contribution in [1.29, 1.82) is 0 Å². The lowest BCUT2D eigenvalue weighted by atomic mass is 10.2. The van der Waals surface area contributed by atoms with E-state index in [0.717, 1.165) is 31.6 Å². The molecule has 0 aromatic carbocycles. The summed E-state index contributed by atoms with van der Waals surface area (Å²) < 4.78 is 0. The van der Waals surface area contributed by atoms with Crippen LogP contribution in [0.15, 0.2) is 0 Å². The zero-order chi connectivity index (χ0) is 12.0. The Kier molecular flexibility index (Phi) is 6.32. The first-order chi connectivity index (χ1) is 7.59. The molecule has 1 N–H and O–H groups in total. The van der Waals surface area contributed by atoms with Crippen molar-refractivity contribution in [3.63, 3.8) is 0 Å². The van der Waals surface area contributed by atoms with Gasteiger partial charge in [-0.25, -0.2) is 0 Å². The molecule has 1 heterocycles. The maximum absolute atomic E-state index is 3.50. The molecule has 1 aliphatic heterocycles. The Morgan fingerprint density at radius 3 is 2.75 bits per heavy atom. The van der Waals surface area contributed by atoms with E-state index < -0.39 is 0 Å². The maximum Gasteiger partial charge on any atom is 0.0220 e. The molecule has 0 aromatic rings. The molecule has 16 heavy (non-hydrogen) atoms. The summed E-state index contributed by atoms with van der Waals surface area (Å²) in [6.45, 7) is 10.4. The summed E-state index contributed by atoms with van der Waals surface area (Å²) in [5, 5.41) is 3.50. The smallest absolute Gasteiger partial charge is 0.0220 e. The molecule has 0 amide bonds. The van der Waals surface area contributed by atoms with E-state index >= 15 is 0 Å². The summed E-state index contributed by atoms with van der Waals surface area (Å²) in [6.07, 6.45) is 2.75. The number of likely N-dealkylation sites (tertiary alicyclic amines) is 1. The minimum atomic E-state index is 0.756. The monoisotopic (exact) mass is 227 g/mol. The molecule has 96 valence electrons. The van der Waals surface area contributed by atoms with Crippen molar-refractivity contribution in [2.24, 2.45) is 5.92 Å². The van der Waals surface area contributed by atoms with Crippen LogP contribution in [-0.4, -0.2) is 62.7 Å². The number of likely N-dealkylation sites (N-methyl/N-ethyl adjacent to an activating group) is 2. The lowest BCUT2D eigenvalue weighted by molar-refractivity contribution is 0.220. The van der Waals surface area contributed by atoms with E-state index in [0.29, 0.717) is 0 Å². The second-order valence-electron chi connectivity index (χ2n) is 5.64. The van der Waals surface area contributed by atoms with Crippen LogP contribution in [0.1, 0.15) is 26.7 Å². The number of nitrogens with one attached hydrogen (secondary N) is 1. The molecule has 1 unspecified atom stereocenters. The predicted octanol–water partition coefficient (Wildman–Crippen LogP) is 1.26. The normalized spacial score (nSPS) is 22.5. The van der Waals surface area contributed by atoms with Gasteiger partial charge in [0.1, 0.15) is 0 Å². The fourth-order valence-corrected chi connectivity index (χ4v) is 2.32. The summed E-state index contributed by atoms with van der Waals surface area (Å²) in [7, 11) is 4.49. The molecule has 1 aliphatic rings. The minimum absolute atomic E-state index is 0.756. The highest BCUT2D eigenvalue weighted by atomic mass is 15.2. The van der Waals surface area contributed by atoms with Crippen molar-refractivity contribution in [2.75, 3.05) is 46.8 Å². The fraction of sp³-hybridized carbons (Fsp3) is 1.00. The molecule has 1 rings (SSSR count). The quantitative estimate of drug-likeness (QED) is 0.661. The van der Waals surface area contributed by atoms with Gasteiger partial charge in [-0.1, -0.05) is 13.8 Å². The topological polar surface area (TPSA) is 18.5 Å². The van der Waals surface area contributed by atoms with Crippen molar-refractivity contribution >= 4 is 0 Å². The van der Waals surface area contributed by atoms with Gasteiger partial charge in [-0.2, -0.15) is 0 Å². The lowest BCUT2D eigenvalue weighted by Crippen LogP contribution is -2.39. The third-order valence-electron chi connectivity index (χ3n) is 3.42. The molecule has 0 aliphatic carbocycles. The molecule has 1 fully saturated rings. The van der Waals surface area contributed by atoms with E-state index in [1.165, 1.54) is 25.9 Å². The van der Waals surface area contributed by atoms with Gasteiger partial charge < -0.3 is 15.1 Å². The Bertz CT molecular complexity index is 182. The average molecular weight is 227 g/mol. The van der Waals surface area contributed by atoms with Crippen LogP contribution in [0.5, 0.6) is 0 Å². The summed E-state index contributed by atoms with van der Waals surface area (Å²) in [5.41, 5.74) is 0. The molecule has 1 saturated heterocycles. The van der Waals surface area contributed by atoms with Crippen LogP contribution in [0.4, 0.5) is 0 Å². The van der Waals surface area contributed by atoms with E-state index in [2.05, 4.69) is 43.1 Å². The Morgan fingerprint density at radius 2 is 2.19 bits per heavy atom. The predicted molar refractivity (Wildman–Crippen MR) is 70.9 cm³/mol. The average Bonchev–Trinajstić information content (AvgIpc) is 2.59. The van der Waals surface area contributed by atoms with E-state index in [1.54, 1.807) is 0 Å².